The molecule has 1 amide bonds. The Hall–Kier alpha value is -4.80. The molecule has 0 bridgehead atoms. The second-order valence-corrected chi connectivity index (χ2v) is 14.8. The van der Waals surface area contributed by atoms with Crippen LogP contribution in [0.15, 0.2) is 84.9 Å². The van der Waals surface area contributed by atoms with Crippen LogP contribution in [-0.2, 0) is 55.7 Å². The van der Waals surface area contributed by atoms with E-state index in [0.29, 0.717) is 13.0 Å². The fraction of sp³-hybridized carbons (Fsp3) is 0.467. The van der Waals surface area contributed by atoms with E-state index in [1.807, 2.05) is 24.3 Å². The third-order valence-electron chi connectivity index (χ3n) is 9.31. The zero-order valence-corrected chi connectivity index (χ0v) is 33.1. The Morgan fingerprint density at radius 2 is 1.20 bits per heavy atom. The molecule has 0 N–H and O–H groups in total. The second-order valence-electron chi connectivity index (χ2n) is 14.8. The average molecular weight is 756 g/mol. The quantitative estimate of drug-likeness (QED) is 0.0447. The molecule has 0 fully saturated rings. The highest BCUT2D eigenvalue weighted by Crippen LogP contribution is 2.20. The maximum Gasteiger partial charge on any atom is 0.341 e. The maximum absolute atomic E-state index is 14.0. The van der Waals surface area contributed by atoms with E-state index in [1.54, 1.807) is 34.7 Å². The summed E-state index contributed by atoms with van der Waals surface area (Å²) in [5, 5.41) is 4.83. The number of fused-ring (bicyclic) bond motifs is 2. The van der Waals surface area contributed by atoms with Crippen molar-refractivity contribution in [2.45, 2.75) is 91.3 Å². The molecule has 4 rings (SSSR count). The fourth-order valence-corrected chi connectivity index (χ4v) is 6.16. The number of hydrogen-bond donors (Lipinski definition) is 0. The lowest BCUT2D eigenvalue weighted by Crippen LogP contribution is -2.50. The number of nitrogens with zero attached hydrogens (tertiary/aromatic N) is 1. The first kappa shape index (κ1) is 42.9. The van der Waals surface area contributed by atoms with Crippen LogP contribution in [0.25, 0.3) is 21.5 Å². The smallest absolute Gasteiger partial charge is 0.341 e. The van der Waals surface area contributed by atoms with Gasteiger partial charge in [0.1, 0.15) is 6.61 Å². The zero-order valence-electron chi connectivity index (χ0n) is 33.1. The van der Waals surface area contributed by atoms with E-state index in [1.165, 1.54) is 37.6 Å². The molecule has 296 valence electrons. The van der Waals surface area contributed by atoms with Crippen molar-refractivity contribution in [3.8, 4) is 0 Å². The van der Waals surface area contributed by atoms with E-state index in [-0.39, 0.29) is 13.2 Å². The molecule has 4 aromatic rings. The molecule has 0 saturated heterocycles. The van der Waals surface area contributed by atoms with Gasteiger partial charge in [-0.15, -0.1) is 0 Å². The van der Waals surface area contributed by atoms with Crippen molar-refractivity contribution < 1.29 is 42.9 Å². The van der Waals surface area contributed by atoms with Crippen LogP contribution in [0, 0.1) is 5.41 Å². The molecule has 55 heavy (non-hydrogen) atoms. The van der Waals surface area contributed by atoms with E-state index in [9.17, 15) is 19.2 Å². The Kier molecular flexibility index (Phi) is 17.1. The van der Waals surface area contributed by atoms with Gasteiger partial charge in [-0.1, -0.05) is 97.8 Å². The summed E-state index contributed by atoms with van der Waals surface area (Å²) in [6, 6.07) is 29.5. The molecule has 10 nitrogen and oxygen atoms in total. The number of rotatable bonds is 22. The number of hydrogen-bond acceptors (Lipinski definition) is 9. The predicted molar refractivity (Wildman–Crippen MR) is 213 cm³/mol. The number of likely N-dealkylation sites (N-methyl/N-ethyl adjacent to an activating group) is 1. The molecular weight excluding hydrogens is 698 g/mol. The van der Waals surface area contributed by atoms with E-state index in [2.05, 4.69) is 60.7 Å². The first-order valence-corrected chi connectivity index (χ1v) is 19.4. The summed E-state index contributed by atoms with van der Waals surface area (Å²) >= 11 is 0. The molecule has 0 heterocycles. The van der Waals surface area contributed by atoms with Gasteiger partial charge in [-0.05, 0) is 98.9 Å². The minimum Gasteiger partial charge on any atom is -0.464 e. The van der Waals surface area contributed by atoms with Gasteiger partial charge in [-0.3, -0.25) is 9.59 Å². The average Bonchev–Trinajstić information content (AvgIpc) is 3.17. The van der Waals surface area contributed by atoms with Crippen molar-refractivity contribution in [3.63, 3.8) is 0 Å². The Morgan fingerprint density at radius 1 is 0.636 bits per heavy atom. The first-order valence-electron chi connectivity index (χ1n) is 19.4. The van der Waals surface area contributed by atoms with Gasteiger partial charge in [0.15, 0.2) is 12.2 Å². The molecule has 0 aliphatic rings. The predicted octanol–water partition coefficient (Wildman–Crippen LogP) is 8.00. The topological polar surface area (TPSA) is 118 Å². The zero-order chi connectivity index (χ0) is 39.6. The summed E-state index contributed by atoms with van der Waals surface area (Å²) in [5.74, 6) is -2.76. The van der Waals surface area contributed by atoms with Crippen molar-refractivity contribution in [2.24, 2.45) is 5.41 Å². The molecule has 0 spiro atoms. The summed E-state index contributed by atoms with van der Waals surface area (Å²) in [4.78, 5) is 53.6. The van der Waals surface area contributed by atoms with Crippen LogP contribution in [0.3, 0.4) is 0 Å². The van der Waals surface area contributed by atoms with Crippen LogP contribution in [0.4, 0.5) is 0 Å². The van der Waals surface area contributed by atoms with Crippen LogP contribution in [0.2, 0.25) is 0 Å². The third-order valence-corrected chi connectivity index (χ3v) is 9.31. The third kappa shape index (κ3) is 14.1. The van der Waals surface area contributed by atoms with Crippen molar-refractivity contribution in [2.75, 3.05) is 40.2 Å². The number of benzene rings is 4. The van der Waals surface area contributed by atoms with Crippen molar-refractivity contribution in [3.05, 3.63) is 96.1 Å². The summed E-state index contributed by atoms with van der Waals surface area (Å²) in [5.41, 5.74) is 1.69. The summed E-state index contributed by atoms with van der Waals surface area (Å²) < 4.78 is 27.2. The van der Waals surface area contributed by atoms with Crippen molar-refractivity contribution in [1.82, 2.24) is 4.90 Å². The molecule has 0 aromatic heterocycles. The van der Waals surface area contributed by atoms with Gasteiger partial charge in [-0.25, -0.2) is 9.59 Å². The normalized spacial score (nSPS) is 12.6. The van der Waals surface area contributed by atoms with Crippen molar-refractivity contribution in [1.29, 1.82) is 0 Å². The van der Waals surface area contributed by atoms with Crippen LogP contribution >= 0.6 is 0 Å². The van der Waals surface area contributed by atoms with Gasteiger partial charge < -0.3 is 28.6 Å². The molecule has 0 aliphatic carbocycles. The summed E-state index contributed by atoms with van der Waals surface area (Å²) in [6.07, 6.45) is 3.71. The fourth-order valence-electron chi connectivity index (χ4n) is 6.16. The van der Waals surface area contributed by atoms with Crippen LogP contribution in [-0.4, -0.2) is 81.1 Å². The highest BCUT2D eigenvalue weighted by molar-refractivity contribution is 5.89. The molecule has 0 aliphatic heterocycles. The maximum atomic E-state index is 14.0. The van der Waals surface area contributed by atoms with Gasteiger partial charge >= 0.3 is 17.9 Å². The number of amides is 1. The summed E-state index contributed by atoms with van der Waals surface area (Å²) in [6.45, 7) is 6.08. The Morgan fingerprint density at radius 3 is 1.76 bits per heavy atom. The van der Waals surface area contributed by atoms with Crippen molar-refractivity contribution >= 4 is 45.4 Å². The first-order chi connectivity index (χ1) is 26.5. The van der Waals surface area contributed by atoms with E-state index >= 15 is 0 Å². The molecule has 2 atom stereocenters. The SMILES string of the molecule is CCOC(=O)COC(C(=O)OCOC(=O)C(C)(C)C)C(OCCCCCc1ccc2ccccc2c1)C(=O)N(C)CCCCCc1ccc2ccccc2c1. The standard InChI is InChI=1S/C45H57NO9/c1-6-51-39(47)31-53-41(43(49)54-32-55-44(50)45(2,3)4)40(52-28-16-8-10-18-34-24-26-36-20-12-14-22-38(36)30-34)42(48)46(5)27-15-7-9-17-33-23-25-35-19-11-13-21-37(35)29-33/h11-14,19-26,29-30,40-41H,6-10,15-18,27-28,31-32H2,1-5H3. The van der Waals surface area contributed by atoms with Gasteiger partial charge in [0, 0.05) is 20.2 Å². The number of unbranched alkanes of at least 4 members (excludes halogenated alkanes) is 4. The van der Waals surface area contributed by atoms with E-state index in [4.69, 9.17) is 23.7 Å². The van der Waals surface area contributed by atoms with Crippen LogP contribution in [0.1, 0.15) is 77.3 Å². The Labute approximate surface area is 325 Å². The number of carbonyl (C=O) groups is 4. The van der Waals surface area contributed by atoms with Crippen LogP contribution < -0.4 is 0 Å². The van der Waals surface area contributed by atoms with Gasteiger partial charge in [0.2, 0.25) is 6.79 Å². The van der Waals surface area contributed by atoms with Crippen LogP contribution in [0.5, 0.6) is 0 Å². The van der Waals surface area contributed by atoms with Gasteiger partial charge in [0.25, 0.3) is 5.91 Å². The molecule has 4 aromatic carbocycles. The number of carbonyl (C=O) groups excluding carboxylic acids is 4. The van der Waals surface area contributed by atoms with E-state index < -0.39 is 54.8 Å². The number of esters is 3. The van der Waals surface area contributed by atoms with E-state index in [0.717, 1.165) is 44.9 Å². The molecular formula is C45H57NO9. The largest absolute Gasteiger partial charge is 0.464 e. The number of aryl methyl sites for hydroxylation is 2. The second kappa shape index (κ2) is 21.9. The lowest BCUT2D eigenvalue weighted by atomic mass is 9.98. The van der Waals surface area contributed by atoms with Gasteiger partial charge in [-0.2, -0.15) is 0 Å². The number of ether oxygens (including phenoxy) is 5. The lowest BCUT2D eigenvalue weighted by Gasteiger charge is -2.29. The minimum atomic E-state index is -1.61. The Balaban J connectivity index is 1.37. The highest BCUT2D eigenvalue weighted by Gasteiger charge is 2.39. The summed E-state index contributed by atoms with van der Waals surface area (Å²) in [7, 11) is 1.66. The molecule has 0 radical (unpaired) electrons. The molecule has 0 saturated carbocycles. The Bertz CT molecular complexity index is 1850. The lowest BCUT2D eigenvalue weighted by molar-refractivity contribution is -0.191. The molecule has 10 heteroatoms. The minimum absolute atomic E-state index is 0.113. The molecule has 2 unspecified atom stereocenters. The highest BCUT2D eigenvalue weighted by atomic mass is 16.7. The monoisotopic (exact) mass is 755 g/mol. The van der Waals surface area contributed by atoms with Gasteiger partial charge in [0.05, 0.1) is 12.0 Å².